The van der Waals surface area contributed by atoms with E-state index in [1.165, 1.54) is 7.11 Å². The molecule has 0 saturated carbocycles. The lowest BCUT2D eigenvalue weighted by Gasteiger charge is -2.29. The second-order valence-corrected chi connectivity index (χ2v) is 8.49. The summed E-state index contributed by atoms with van der Waals surface area (Å²) in [5, 5.41) is 3.17. The first-order valence-corrected chi connectivity index (χ1v) is 9.43. The Morgan fingerprint density at radius 1 is 1.46 bits per heavy atom. The van der Waals surface area contributed by atoms with Gasteiger partial charge in [-0.1, -0.05) is 17.2 Å². The minimum atomic E-state index is -2.92. The summed E-state index contributed by atoms with van der Waals surface area (Å²) in [7, 11) is -1.48. The first-order chi connectivity index (χ1) is 11.5. The maximum atomic E-state index is 13.1. The minimum absolute atomic E-state index is 0.0332. The highest BCUT2D eigenvalue weighted by Crippen LogP contribution is 2.37. The van der Waals surface area contributed by atoms with Crippen molar-refractivity contribution in [1.29, 1.82) is 0 Å². The fraction of sp³-hybridized carbons (Fsp3) is 0.600. The van der Waals surface area contributed by atoms with E-state index in [0.29, 0.717) is 18.5 Å². The third kappa shape index (κ3) is 2.94. The molecule has 130 valence electrons. The highest BCUT2D eigenvalue weighted by atomic mass is 32.2. The zero-order chi connectivity index (χ0) is 17.3. The summed E-state index contributed by atoms with van der Waals surface area (Å²) < 4.78 is 42.0. The summed E-state index contributed by atoms with van der Waals surface area (Å²) in [5.41, 5.74) is 10.2. The Morgan fingerprint density at radius 2 is 2.17 bits per heavy atom. The van der Waals surface area contributed by atoms with Crippen LogP contribution in [0.15, 0.2) is 29.4 Å². The van der Waals surface area contributed by atoms with Crippen LogP contribution < -0.4 is 4.90 Å². The van der Waals surface area contributed by atoms with Gasteiger partial charge in [0.05, 0.1) is 23.1 Å². The molecule has 3 rings (SSSR count). The summed E-state index contributed by atoms with van der Waals surface area (Å²) in [6, 6.07) is 6.48. The van der Waals surface area contributed by atoms with Crippen LogP contribution in [0.4, 0.5) is 10.1 Å². The van der Waals surface area contributed by atoms with Crippen molar-refractivity contribution in [3.05, 3.63) is 40.3 Å². The molecule has 0 aliphatic carbocycles. The fourth-order valence-electron chi connectivity index (χ4n) is 3.62. The molecule has 2 aliphatic rings. The molecule has 24 heavy (non-hydrogen) atoms. The van der Waals surface area contributed by atoms with Gasteiger partial charge in [0.15, 0.2) is 9.84 Å². The molecular formula is C15H19FN4O3S. The normalized spacial score (nSPS) is 26.8. The zero-order valence-electron chi connectivity index (χ0n) is 13.2. The molecule has 9 heteroatoms. The van der Waals surface area contributed by atoms with E-state index in [-0.39, 0.29) is 17.0 Å². The van der Waals surface area contributed by atoms with Crippen LogP contribution in [0.2, 0.25) is 0 Å². The van der Waals surface area contributed by atoms with Gasteiger partial charge in [-0.05, 0) is 29.6 Å². The van der Waals surface area contributed by atoms with Crippen LogP contribution in [0.5, 0.6) is 0 Å². The maximum absolute atomic E-state index is 13.1. The monoisotopic (exact) mass is 354 g/mol. The van der Waals surface area contributed by atoms with E-state index >= 15 is 0 Å². The van der Waals surface area contributed by atoms with E-state index in [0.717, 1.165) is 5.69 Å². The predicted octanol–water partition coefficient (Wildman–Crippen LogP) is 2.40. The number of nitrogens with zero attached hydrogens (tertiary/aromatic N) is 4. The lowest BCUT2D eigenvalue weighted by atomic mass is 10.0. The molecular weight excluding hydrogens is 335 g/mol. The molecule has 0 unspecified atom stereocenters. The van der Waals surface area contributed by atoms with Gasteiger partial charge in [-0.25, -0.2) is 8.42 Å². The topological polar surface area (TPSA) is 95.4 Å². The van der Waals surface area contributed by atoms with E-state index in [2.05, 4.69) is 14.9 Å². The molecule has 0 spiro atoms. The van der Waals surface area contributed by atoms with Crippen molar-refractivity contribution in [2.75, 3.05) is 31.0 Å². The predicted molar refractivity (Wildman–Crippen MR) is 88.4 cm³/mol. The average molecular weight is 354 g/mol. The van der Waals surface area contributed by atoms with Crippen molar-refractivity contribution in [2.24, 2.45) is 5.11 Å². The van der Waals surface area contributed by atoms with Crippen LogP contribution in [0.25, 0.3) is 10.4 Å². The number of halogens is 1. The number of hydrogen-bond donors (Lipinski definition) is 0. The van der Waals surface area contributed by atoms with Gasteiger partial charge in [-0.15, -0.1) is 0 Å². The molecule has 0 radical (unpaired) electrons. The van der Waals surface area contributed by atoms with E-state index in [4.69, 9.17) is 10.3 Å². The van der Waals surface area contributed by atoms with Crippen molar-refractivity contribution in [3.63, 3.8) is 0 Å². The van der Waals surface area contributed by atoms with E-state index < -0.39 is 28.7 Å². The van der Waals surface area contributed by atoms with Crippen molar-refractivity contribution in [2.45, 2.75) is 29.9 Å². The molecule has 2 bridgehead atoms. The Kier molecular flexibility index (Phi) is 4.67. The molecule has 2 heterocycles. The number of anilines is 1. The number of methoxy groups -OCH3 is 1. The largest absolute Gasteiger partial charge is 0.376 e. The maximum Gasteiger partial charge on any atom is 0.156 e. The summed E-state index contributed by atoms with van der Waals surface area (Å²) in [4.78, 5) is 4.77. The molecule has 4 atom stereocenters. The Bertz CT molecular complexity index is 748. The number of fused-ring (bicyclic) bond motifs is 2. The lowest BCUT2D eigenvalue weighted by Crippen LogP contribution is -2.40. The van der Waals surface area contributed by atoms with Gasteiger partial charge in [0, 0.05) is 30.3 Å². The van der Waals surface area contributed by atoms with Crippen molar-refractivity contribution < 1.29 is 17.5 Å². The zero-order valence-corrected chi connectivity index (χ0v) is 14.1. The number of hydrogen-bond acceptors (Lipinski definition) is 5. The molecule has 2 fully saturated rings. The number of azide groups is 1. The van der Waals surface area contributed by atoms with Gasteiger partial charge in [-0.2, -0.15) is 0 Å². The second kappa shape index (κ2) is 6.58. The summed E-state index contributed by atoms with van der Waals surface area (Å²) in [6.45, 7) is -0.288. The van der Waals surface area contributed by atoms with Gasteiger partial charge >= 0.3 is 0 Å². The quantitative estimate of drug-likeness (QED) is 0.445. The average Bonchev–Trinajstić information content (AvgIpc) is 3.11. The number of alkyl halides is 1. The van der Waals surface area contributed by atoms with Crippen LogP contribution in [-0.4, -0.2) is 51.8 Å². The van der Waals surface area contributed by atoms with Crippen LogP contribution >= 0.6 is 0 Å². The van der Waals surface area contributed by atoms with Gasteiger partial charge in [-0.3, -0.25) is 4.39 Å². The van der Waals surface area contributed by atoms with Crippen LogP contribution in [0, 0.1) is 0 Å². The fourth-order valence-corrected chi connectivity index (χ4v) is 5.65. The highest BCUT2D eigenvalue weighted by Gasteiger charge is 2.48. The number of sulfone groups is 1. The van der Waals surface area contributed by atoms with Gasteiger partial charge < -0.3 is 9.64 Å². The van der Waals surface area contributed by atoms with Crippen LogP contribution in [0.3, 0.4) is 0 Å². The molecule has 1 aromatic rings. The lowest BCUT2D eigenvalue weighted by molar-refractivity contribution is 0.0722. The first-order valence-electron chi connectivity index (χ1n) is 7.71. The molecule has 0 N–H and O–H groups in total. The standard InChI is InChI=1S/C15H19FN4O3S/c1-23-15(14(7-16)18-19-17)10-2-4-11(5-3-10)20-8-13-6-12(20)9-24(13,21)22/h2-5,12-15H,6-9H2,1H3/t12-,13-,14+,15+/m0/s1. The molecule has 0 aromatic heterocycles. The molecule has 2 saturated heterocycles. The van der Waals surface area contributed by atoms with Crippen molar-refractivity contribution in [3.8, 4) is 0 Å². The number of benzene rings is 1. The van der Waals surface area contributed by atoms with Gasteiger partial charge in [0.25, 0.3) is 0 Å². The third-order valence-corrected chi connectivity index (χ3v) is 7.03. The summed E-state index contributed by atoms with van der Waals surface area (Å²) >= 11 is 0. The Balaban J connectivity index is 1.78. The van der Waals surface area contributed by atoms with Crippen molar-refractivity contribution in [1.82, 2.24) is 0 Å². The first kappa shape index (κ1) is 17.0. The van der Waals surface area contributed by atoms with Crippen LogP contribution in [-0.2, 0) is 14.6 Å². The molecule has 7 nitrogen and oxygen atoms in total. The van der Waals surface area contributed by atoms with Gasteiger partial charge in [0.1, 0.15) is 6.67 Å². The van der Waals surface area contributed by atoms with E-state index in [9.17, 15) is 12.8 Å². The summed E-state index contributed by atoms with van der Waals surface area (Å²) in [5.74, 6) is 0.209. The van der Waals surface area contributed by atoms with E-state index in [1.54, 1.807) is 12.1 Å². The SMILES string of the molecule is CO[C@H](c1ccc(N2C[C@@H]3C[C@H]2CS3(=O)=O)cc1)[C@@H](CF)N=[N+]=[N-]. The minimum Gasteiger partial charge on any atom is -0.376 e. The molecule has 0 amide bonds. The van der Waals surface area contributed by atoms with Crippen molar-refractivity contribution >= 4 is 15.5 Å². The molecule has 1 aromatic carbocycles. The smallest absolute Gasteiger partial charge is 0.156 e. The second-order valence-electron chi connectivity index (χ2n) is 6.17. The third-order valence-electron chi connectivity index (χ3n) is 4.82. The molecule has 2 aliphatic heterocycles. The van der Waals surface area contributed by atoms with Crippen LogP contribution in [0.1, 0.15) is 18.1 Å². The highest BCUT2D eigenvalue weighted by molar-refractivity contribution is 7.92. The summed E-state index contributed by atoms with van der Waals surface area (Å²) in [6.07, 6.45) is 0.0290. The Labute approximate surface area is 140 Å². The van der Waals surface area contributed by atoms with E-state index in [1.807, 2.05) is 12.1 Å². The van der Waals surface area contributed by atoms with Gasteiger partial charge in [0.2, 0.25) is 0 Å². The number of ether oxygens (including phenoxy) is 1. The Hall–Kier alpha value is -1.83. The number of rotatable bonds is 6. The Morgan fingerprint density at radius 3 is 2.62 bits per heavy atom.